The fourth-order valence-electron chi connectivity index (χ4n) is 1.58. The zero-order chi connectivity index (χ0) is 10.3. The Morgan fingerprint density at radius 3 is 2.64 bits per heavy atom. The largest absolute Gasteiger partial charge is 0.339 e. The molecule has 72 valence electrons. The van der Waals surface area contributed by atoms with E-state index in [2.05, 4.69) is 0 Å². The summed E-state index contributed by atoms with van der Waals surface area (Å²) < 4.78 is 1.55. The van der Waals surface area contributed by atoms with Gasteiger partial charge in [-0.15, -0.1) is 0 Å². The van der Waals surface area contributed by atoms with Crippen LogP contribution in [0.1, 0.15) is 11.3 Å². The molecule has 0 aliphatic heterocycles. The van der Waals surface area contributed by atoms with Gasteiger partial charge in [0, 0.05) is 17.1 Å². The van der Waals surface area contributed by atoms with E-state index in [0.29, 0.717) is 5.39 Å². The molecule has 1 heterocycles. The Morgan fingerprint density at radius 1 is 1.21 bits per heavy atom. The number of aromatic nitrogens is 1. The molecule has 2 N–H and O–H groups in total. The summed E-state index contributed by atoms with van der Waals surface area (Å²) in [6.45, 7) is 3.80. The second-order valence-electron chi connectivity index (χ2n) is 3.54. The Balaban J connectivity index is 3.03. The predicted molar refractivity (Wildman–Crippen MR) is 57.8 cm³/mol. The van der Waals surface area contributed by atoms with Gasteiger partial charge in [0.25, 0.3) is 0 Å². The lowest BCUT2D eigenvalue weighted by molar-refractivity contribution is 0.973. The molecule has 0 atom stereocenters. The van der Waals surface area contributed by atoms with Crippen LogP contribution in [-0.4, -0.2) is 4.68 Å². The number of nitrogens with zero attached hydrogens (tertiary/aromatic N) is 1. The van der Waals surface area contributed by atoms with Crippen LogP contribution in [0.4, 0.5) is 0 Å². The van der Waals surface area contributed by atoms with E-state index in [1.807, 2.05) is 32.0 Å². The Morgan fingerprint density at radius 2 is 1.93 bits per heavy atom. The lowest BCUT2D eigenvalue weighted by Gasteiger charge is -2.08. The van der Waals surface area contributed by atoms with Crippen molar-refractivity contribution in [1.29, 1.82) is 0 Å². The first-order valence-corrected chi connectivity index (χ1v) is 4.47. The predicted octanol–water partition coefficient (Wildman–Crippen LogP) is 1.33. The summed E-state index contributed by atoms with van der Waals surface area (Å²) in [5.41, 5.74) is 2.68. The van der Waals surface area contributed by atoms with Crippen LogP contribution in [-0.2, 0) is 0 Å². The molecule has 0 unspecified atom stereocenters. The molecule has 3 nitrogen and oxygen atoms in total. The third-order valence-electron chi connectivity index (χ3n) is 2.40. The number of fused-ring (bicyclic) bond motifs is 1. The van der Waals surface area contributed by atoms with Gasteiger partial charge in [-0.05, 0) is 31.5 Å². The minimum Gasteiger partial charge on any atom is -0.339 e. The van der Waals surface area contributed by atoms with Gasteiger partial charge in [-0.25, -0.2) is 0 Å². The molecule has 2 aromatic rings. The van der Waals surface area contributed by atoms with Crippen LogP contribution in [0, 0.1) is 13.8 Å². The molecular formula is C11H12N2O. The molecule has 0 bridgehead atoms. The first-order valence-electron chi connectivity index (χ1n) is 4.47. The van der Waals surface area contributed by atoms with Crippen LogP contribution < -0.4 is 11.3 Å². The molecule has 0 aliphatic rings. The zero-order valence-corrected chi connectivity index (χ0v) is 8.24. The first-order chi connectivity index (χ1) is 6.59. The van der Waals surface area contributed by atoms with Crippen LogP contribution in [0.15, 0.2) is 29.1 Å². The molecule has 0 fully saturated rings. The van der Waals surface area contributed by atoms with Crippen molar-refractivity contribution in [2.75, 3.05) is 5.84 Å². The van der Waals surface area contributed by atoms with Gasteiger partial charge in [0.05, 0.1) is 5.52 Å². The molecule has 0 saturated carbocycles. The van der Waals surface area contributed by atoms with Gasteiger partial charge in [-0.1, -0.05) is 6.07 Å². The summed E-state index contributed by atoms with van der Waals surface area (Å²) in [6.07, 6.45) is 0. The second-order valence-corrected chi connectivity index (χ2v) is 3.54. The first kappa shape index (κ1) is 8.81. The van der Waals surface area contributed by atoms with Crippen LogP contribution in [0.5, 0.6) is 0 Å². The summed E-state index contributed by atoms with van der Waals surface area (Å²) in [6, 6.07) is 7.20. The van der Waals surface area contributed by atoms with Crippen molar-refractivity contribution in [3.63, 3.8) is 0 Å². The van der Waals surface area contributed by atoms with Crippen molar-refractivity contribution in [1.82, 2.24) is 4.68 Å². The number of hydrogen-bond donors (Lipinski definition) is 1. The summed E-state index contributed by atoms with van der Waals surface area (Å²) in [5.74, 6) is 5.83. The van der Waals surface area contributed by atoms with E-state index in [-0.39, 0.29) is 5.43 Å². The van der Waals surface area contributed by atoms with Crippen molar-refractivity contribution < 1.29 is 0 Å². The van der Waals surface area contributed by atoms with Crippen molar-refractivity contribution >= 4 is 10.9 Å². The lowest BCUT2D eigenvalue weighted by Crippen LogP contribution is -2.18. The van der Waals surface area contributed by atoms with Gasteiger partial charge in [0.2, 0.25) is 0 Å². The van der Waals surface area contributed by atoms with E-state index in [1.165, 1.54) is 0 Å². The van der Waals surface area contributed by atoms with E-state index in [9.17, 15) is 4.79 Å². The van der Waals surface area contributed by atoms with E-state index in [0.717, 1.165) is 16.8 Å². The third-order valence-corrected chi connectivity index (χ3v) is 2.40. The van der Waals surface area contributed by atoms with E-state index >= 15 is 0 Å². The highest BCUT2D eigenvalue weighted by molar-refractivity contribution is 5.80. The number of rotatable bonds is 0. The zero-order valence-electron chi connectivity index (χ0n) is 8.24. The average Bonchev–Trinajstić information content (AvgIpc) is 2.14. The highest BCUT2D eigenvalue weighted by Crippen LogP contribution is 2.11. The topological polar surface area (TPSA) is 48.0 Å². The monoisotopic (exact) mass is 188 g/mol. The molecule has 14 heavy (non-hydrogen) atoms. The Labute approximate surface area is 81.7 Å². The number of benzene rings is 1. The van der Waals surface area contributed by atoms with Gasteiger partial charge in [-0.3, -0.25) is 9.47 Å². The van der Waals surface area contributed by atoms with Gasteiger partial charge in [0.1, 0.15) is 0 Å². The van der Waals surface area contributed by atoms with Crippen LogP contribution in [0.25, 0.3) is 10.9 Å². The molecule has 0 radical (unpaired) electrons. The molecule has 0 saturated heterocycles. The van der Waals surface area contributed by atoms with E-state index in [1.54, 1.807) is 10.7 Å². The summed E-state index contributed by atoms with van der Waals surface area (Å²) in [7, 11) is 0. The van der Waals surface area contributed by atoms with Gasteiger partial charge in [0.15, 0.2) is 5.43 Å². The Kier molecular flexibility index (Phi) is 1.81. The van der Waals surface area contributed by atoms with Crippen molar-refractivity contribution in [2.45, 2.75) is 13.8 Å². The van der Waals surface area contributed by atoms with Gasteiger partial charge < -0.3 is 5.84 Å². The van der Waals surface area contributed by atoms with E-state index in [4.69, 9.17) is 5.84 Å². The van der Waals surface area contributed by atoms with Crippen molar-refractivity contribution in [3.05, 3.63) is 45.7 Å². The van der Waals surface area contributed by atoms with E-state index < -0.39 is 0 Å². The lowest BCUT2D eigenvalue weighted by atomic mass is 10.1. The third kappa shape index (κ3) is 1.18. The van der Waals surface area contributed by atoms with Gasteiger partial charge in [-0.2, -0.15) is 0 Å². The quantitative estimate of drug-likeness (QED) is 0.634. The van der Waals surface area contributed by atoms with Crippen molar-refractivity contribution in [2.24, 2.45) is 0 Å². The Hall–Kier alpha value is -1.77. The van der Waals surface area contributed by atoms with Crippen molar-refractivity contribution in [3.8, 4) is 0 Å². The maximum absolute atomic E-state index is 11.6. The molecular weight excluding hydrogens is 176 g/mol. The molecule has 0 aliphatic carbocycles. The standard InChI is InChI=1S/C11H12N2O/c1-7-3-4-9-10(5-7)13(12)8(2)6-11(9)14/h3-6H,12H2,1-2H3. The molecule has 3 heteroatoms. The SMILES string of the molecule is Cc1ccc2c(=O)cc(C)n(N)c2c1. The van der Waals surface area contributed by atoms with Crippen LogP contribution in [0.2, 0.25) is 0 Å². The molecule has 2 rings (SSSR count). The highest BCUT2D eigenvalue weighted by atomic mass is 16.1. The fraction of sp³-hybridized carbons (Fsp3) is 0.182. The smallest absolute Gasteiger partial charge is 0.189 e. The van der Waals surface area contributed by atoms with Crippen LogP contribution in [0.3, 0.4) is 0 Å². The molecule has 0 amide bonds. The normalized spacial score (nSPS) is 10.7. The maximum Gasteiger partial charge on any atom is 0.189 e. The number of hydrogen-bond acceptors (Lipinski definition) is 2. The highest BCUT2D eigenvalue weighted by Gasteiger charge is 2.03. The minimum absolute atomic E-state index is 0.0270. The summed E-state index contributed by atoms with van der Waals surface area (Å²) >= 11 is 0. The molecule has 1 aromatic heterocycles. The van der Waals surface area contributed by atoms with Gasteiger partial charge >= 0.3 is 0 Å². The fourth-order valence-corrected chi connectivity index (χ4v) is 1.58. The molecule has 0 spiro atoms. The minimum atomic E-state index is 0.0270. The summed E-state index contributed by atoms with van der Waals surface area (Å²) in [5, 5.41) is 0.670. The van der Waals surface area contributed by atoms with Crippen LogP contribution >= 0.6 is 0 Å². The maximum atomic E-state index is 11.6. The summed E-state index contributed by atoms with van der Waals surface area (Å²) in [4.78, 5) is 11.6. The average molecular weight is 188 g/mol. The second kappa shape index (κ2) is 2.87. The molecule has 1 aromatic carbocycles. The number of nitrogen functional groups attached to an aromatic ring is 1. The number of aryl methyl sites for hydroxylation is 2. The number of nitrogens with two attached hydrogens (primary N) is 1. The Bertz CT molecular complexity index is 555. The number of pyridine rings is 1.